The number of ketones is 1. The first kappa shape index (κ1) is 12.7. The van der Waals surface area contributed by atoms with Crippen LogP contribution in [-0.2, 0) is 11.8 Å². The number of aromatic nitrogens is 2. The van der Waals surface area contributed by atoms with Crippen LogP contribution >= 0.6 is 11.8 Å². The van der Waals surface area contributed by atoms with E-state index >= 15 is 0 Å². The molecule has 4 nitrogen and oxygen atoms in total. The lowest BCUT2D eigenvalue weighted by Crippen LogP contribution is -2.23. The number of rotatable bonds is 3. The minimum atomic E-state index is -0.130. The van der Waals surface area contributed by atoms with E-state index < -0.39 is 0 Å². The van der Waals surface area contributed by atoms with Gasteiger partial charge in [0.15, 0.2) is 10.9 Å². The number of carbonyl (C=O) groups excluding carboxylic acids is 1. The fourth-order valence-corrected chi connectivity index (χ4v) is 1.86. The minimum absolute atomic E-state index is 0.0876. The molecule has 0 bridgehead atoms. The Morgan fingerprint density at radius 2 is 2.12 bits per heavy atom. The van der Waals surface area contributed by atoms with Gasteiger partial charge in [-0.25, -0.2) is 4.98 Å². The van der Waals surface area contributed by atoms with Crippen molar-refractivity contribution < 1.29 is 4.79 Å². The van der Waals surface area contributed by atoms with Crippen LogP contribution in [-0.4, -0.2) is 21.6 Å². The van der Waals surface area contributed by atoms with E-state index in [1.807, 2.05) is 6.26 Å². The maximum atomic E-state index is 11.9. The molecule has 1 aromatic heterocycles. The van der Waals surface area contributed by atoms with Crippen LogP contribution in [0.25, 0.3) is 6.08 Å². The number of thioether (sulfide) groups is 1. The molecule has 86 valence electrons. The molecule has 0 aliphatic heterocycles. The SMILES string of the molecule is CSc1nc(C)c(/C=C/C(C)=O)c(=O)n1C. The second-order valence-corrected chi connectivity index (χ2v) is 4.18. The first-order valence-corrected chi connectivity index (χ1v) is 6.00. The lowest BCUT2D eigenvalue weighted by atomic mass is 10.2. The summed E-state index contributed by atoms with van der Waals surface area (Å²) in [5, 5.41) is 0.669. The summed E-state index contributed by atoms with van der Waals surface area (Å²) >= 11 is 1.42. The Kier molecular flexibility index (Phi) is 4.06. The Balaban J connectivity index is 3.37. The zero-order valence-corrected chi connectivity index (χ0v) is 10.6. The Morgan fingerprint density at radius 3 is 2.62 bits per heavy atom. The summed E-state index contributed by atoms with van der Waals surface area (Å²) in [4.78, 5) is 27.0. The molecule has 0 aromatic carbocycles. The van der Waals surface area contributed by atoms with Gasteiger partial charge >= 0.3 is 0 Å². The fourth-order valence-electron chi connectivity index (χ4n) is 1.28. The van der Waals surface area contributed by atoms with E-state index in [0.717, 1.165) is 0 Å². The molecule has 0 amide bonds. The smallest absolute Gasteiger partial charge is 0.261 e. The highest BCUT2D eigenvalue weighted by molar-refractivity contribution is 7.98. The standard InChI is InChI=1S/C11H14N2O2S/c1-7(14)5-6-9-8(2)12-11(16-4)13(3)10(9)15/h5-6H,1-4H3/b6-5+. The summed E-state index contributed by atoms with van der Waals surface area (Å²) < 4.78 is 1.48. The molecule has 0 atom stereocenters. The quantitative estimate of drug-likeness (QED) is 0.454. The first-order chi connectivity index (χ1) is 7.47. The molecule has 0 spiro atoms. The van der Waals surface area contributed by atoms with Crippen LogP contribution in [0.15, 0.2) is 16.0 Å². The van der Waals surface area contributed by atoms with Crippen molar-refractivity contribution in [2.24, 2.45) is 7.05 Å². The molecule has 0 unspecified atom stereocenters. The van der Waals surface area contributed by atoms with Crippen molar-refractivity contribution in [3.8, 4) is 0 Å². The van der Waals surface area contributed by atoms with Gasteiger partial charge in [-0.2, -0.15) is 0 Å². The second kappa shape index (κ2) is 5.12. The number of nitrogens with zero attached hydrogens (tertiary/aromatic N) is 2. The van der Waals surface area contributed by atoms with Crippen molar-refractivity contribution in [2.75, 3.05) is 6.26 Å². The van der Waals surface area contributed by atoms with Crippen LogP contribution in [0.2, 0.25) is 0 Å². The highest BCUT2D eigenvalue weighted by Gasteiger charge is 2.08. The van der Waals surface area contributed by atoms with Gasteiger partial charge < -0.3 is 0 Å². The molecule has 0 radical (unpaired) electrons. The van der Waals surface area contributed by atoms with Gasteiger partial charge in [-0.15, -0.1) is 0 Å². The van der Waals surface area contributed by atoms with Crippen LogP contribution < -0.4 is 5.56 Å². The molecule has 16 heavy (non-hydrogen) atoms. The van der Waals surface area contributed by atoms with Crippen molar-refractivity contribution in [2.45, 2.75) is 19.0 Å². The number of hydrogen-bond donors (Lipinski definition) is 0. The third-order valence-corrected chi connectivity index (χ3v) is 2.87. The number of allylic oxidation sites excluding steroid dienone is 1. The van der Waals surface area contributed by atoms with Gasteiger partial charge in [0.25, 0.3) is 5.56 Å². The van der Waals surface area contributed by atoms with Gasteiger partial charge in [-0.1, -0.05) is 11.8 Å². The molecule has 0 aliphatic carbocycles. The predicted octanol–water partition coefficient (Wildman–Crippen LogP) is 1.41. The van der Waals surface area contributed by atoms with Crippen molar-refractivity contribution in [3.05, 3.63) is 27.7 Å². The van der Waals surface area contributed by atoms with Crippen LogP contribution in [0.4, 0.5) is 0 Å². The van der Waals surface area contributed by atoms with Crippen molar-refractivity contribution in [1.82, 2.24) is 9.55 Å². The van der Waals surface area contributed by atoms with E-state index in [4.69, 9.17) is 0 Å². The summed E-state index contributed by atoms with van der Waals surface area (Å²) in [6.45, 7) is 3.21. The van der Waals surface area contributed by atoms with Gasteiger partial charge in [0.1, 0.15) is 0 Å². The maximum Gasteiger partial charge on any atom is 0.261 e. The lowest BCUT2D eigenvalue weighted by Gasteiger charge is -2.07. The van der Waals surface area contributed by atoms with Crippen LogP contribution in [0.5, 0.6) is 0 Å². The molecule has 0 aliphatic rings. The van der Waals surface area contributed by atoms with E-state index in [-0.39, 0.29) is 11.3 Å². The summed E-state index contributed by atoms with van der Waals surface area (Å²) in [5.74, 6) is -0.0876. The molecule has 1 rings (SSSR count). The molecule has 1 heterocycles. The Bertz CT molecular complexity index is 503. The van der Waals surface area contributed by atoms with E-state index in [0.29, 0.717) is 16.4 Å². The molecular weight excluding hydrogens is 224 g/mol. The summed E-state index contributed by atoms with van der Waals surface area (Å²) in [6, 6.07) is 0. The van der Waals surface area contributed by atoms with Crippen molar-refractivity contribution in [3.63, 3.8) is 0 Å². The van der Waals surface area contributed by atoms with Crippen LogP contribution in [0.1, 0.15) is 18.2 Å². The summed E-state index contributed by atoms with van der Waals surface area (Å²) in [7, 11) is 1.67. The fraction of sp³-hybridized carbons (Fsp3) is 0.364. The molecular formula is C11H14N2O2S. The highest BCUT2D eigenvalue weighted by Crippen LogP contribution is 2.11. The Hall–Kier alpha value is -1.36. The van der Waals surface area contributed by atoms with Crippen LogP contribution in [0, 0.1) is 6.92 Å². The number of hydrogen-bond acceptors (Lipinski definition) is 4. The molecule has 1 aromatic rings. The molecule has 0 saturated heterocycles. The Labute approximate surface area is 98.4 Å². The summed E-state index contributed by atoms with van der Waals surface area (Å²) in [5.41, 5.74) is 0.981. The largest absolute Gasteiger partial charge is 0.295 e. The van der Waals surface area contributed by atoms with Gasteiger partial charge in [0.05, 0.1) is 11.3 Å². The van der Waals surface area contributed by atoms with E-state index in [1.165, 1.54) is 35.4 Å². The van der Waals surface area contributed by atoms with Crippen molar-refractivity contribution >= 4 is 23.6 Å². The zero-order chi connectivity index (χ0) is 12.3. The lowest BCUT2D eigenvalue weighted by molar-refractivity contribution is -0.112. The average Bonchev–Trinajstić information content (AvgIpc) is 2.22. The highest BCUT2D eigenvalue weighted by atomic mass is 32.2. The minimum Gasteiger partial charge on any atom is -0.295 e. The zero-order valence-electron chi connectivity index (χ0n) is 9.77. The second-order valence-electron chi connectivity index (χ2n) is 3.41. The van der Waals surface area contributed by atoms with Crippen molar-refractivity contribution in [1.29, 1.82) is 0 Å². The molecule has 0 N–H and O–H groups in total. The average molecular weight is 238 g/mol. The van der Waals surface area contributed by atoms with Gasteiger partial charge in [-0.3, -0.25) is 14.2 Å². The Morgan fingerprint density at radius 1 is 1.50 bits per heavy atom. The third kappa shape index (κ3) is 2.61. The molecule has 5 heteroatoms. The summed E-state index contributed by atoms with van der Waals surface area (Å²) in [6.07, 6.45) is 4.77. The van der Waals surface area contributed by atoms with E-state index in [9.17, 15) is 9.59 Å². The van der Waals surface area contributed by atoms with Gasteiger partial charge in [0, 0.05) is 7.05 Å². The number of aryl methyl sites for hydroxylation is 1. The van der Waals surface area contributed by atoms with E-state index in [2.05, 4.69) is 4.98 Å². The first-order valence-electron chi connectivity index (χ1n) is 4.77. The van der Waals surface area contributed by atoms with Gasteiger partial charge in [0.2, 0.25) is 0 Å². The normalized spacial score (nSPS) is 11.0. The topological polar surface area (TPSA) is 52.0 Å². The third-order valence-electron chi connectivity index (χ3n) is 2.14. The predicted molar refractivity (Wildman–Crippen MR) is 65.7 cm³/mol. The van der Waals surface area contributed by atoms with Crippen LogP contribution in [0.3, 0.4) is 0 Å². The number of carbonyl (C=O) groups is 1. The molecule has 0 fully saturated rings. The van der Waals surface area contributed by atoms with E-state index in [1.54, 1.807) is 14.0 Å². The molecule has 0 saturated carbocycles. The monoisotopic (exact) mass is 238 g/mol. The van der Waals surface area contributed by atoms with Gasteiger partial charge in [-0.05, 0) is 32.3 Å². The maximum absolute atomic E-state index is 11.9.